The van der Waals surface area contributed by atoms with Crippen molar-refractivity contribution in [3.8, 4) is 11.8 Å². The van der Waals surface area contributed by atoms with E-state index in [4.69, 9.17) is 16.6 Å². The van der Waals surface area contributed by atoms with Gasteiger partial charge in [-0.05, 0) is 0 Å². The first-order chi connectivity index (χ1) is 6.57. The van der Waals surface area contributed by atoms with Crippen LogP contribution in [0.15, 0.2) is 4.99 Å². The predicted molar refractivity (Wildman–Crippen MR) is 50.5 cm³/mol. The molecule has 0 aromatic carbocycles. The van der Waals surface area contributed by atoms with Crippen molar-refractivity contribution in [2.24, 2.45) is 16.5 Å². The number of aliphatic carboxylic acids is 1. The van der Waals surface area contributed by atoms with Crippen molar-refractivity contribution < 1.29 is 14.3 Å². The third-order valence-electron chi connectivity index (χ3n) is 1.26. The topological polar surface area (TPSA) is 102 Å². The number of hydrogen-bond donors (Lipinski definition) is 3. The van der Waals surface area contributed by atoms with Gasteiger partial charge in [0.25, 0.3) is 0 Å². The van der Waals surface area contributed by atoms with Crippen LogP contribution >= 0.6 is 0 Å². The van der Waals surface area contributed by atoms with Crippen LogP contribution in [0.5, 0.6) is 0 Å². The number of halogens is 1. The average molecular weight is 201 g/mol. The molecule has 0 spiro atoms. The lowest BCUT2D eigenvalue weighted by Gasteiger charge is -1.97. The smallest absolute Gasteiger partial charge is 0.321 e. The van der Waals surface area contributed by atoms with Crippen molar-refractivity contribution in [3.63, 3.8) is 0 Å². The Hall–Kier alpha value is -1.61. The zero-order chi connectivity index (χ0) is 11.0. The summed E-state index contributed by atoms with van der Waals surface area (Å²) in [6, 6.07) is -0.995. The summed E-state index contributed by atoms with van der Waals surface area (Å²) in [5, 5.41) is 8.37. The maximum absolute atomic E-state index is 11.7. The fourth-order valence-corrected chi connectivity index (χ4v) is 0.509. The van der Waals surface area contributed by atoms with Crippen molar-refractivity contribution in [3.05, 3.63) is 0 Å². The molecule has 0 amide bonds. The van der Waals surface area contributed by atoms with Gasteiger partial charge in [0, 0.05) is 6.42 Å². The first-order valence-electron chi connectivity index (χ1n) is 3.86. The van der Waals surface area contributed by atoms with Crippen LogP contribution in [0.3, 0.4) is 0 Å². The third-order valence-corrected chi connectivity index (χ3v) is 1.26. The molecule has 0 aliphatic carbocycles. The fourth-order valence-electron chi connectivity index (χ4n) is 0.509. The molecular weight excluding hydrogens is 189 g/mol. The minimum absolute atomic E-state index is 0.0420. The van der Waals surface area contributed by atoms with Crippen LogP contribution in [0, 0.1) is 11.8 Å². The number of aliphatic imine (C=N–C) groups is 1. The number of alkyl halides is 1. The predicted octanol–water partition coefficient (Wildman–Crippen LogP) is -0.881. The molecule has 0 fully saturated rings. The van der Waals surface area contributed by atoms with Crippen molar-refractivity contribution in [2.75, 3.05) is 13.2 Å². The Morgan fingerprint density at radius 1 is 1.57 bits per heavy atom. The second kappa shape index (κ2) is 6.86. The van der Waals surface area contributed by atoms with Crippen LogP contribution in [-0.2, 0) is 4.79 Å². The summed E-state index contributed by atoms with van der Waals surface area (Å²) in [4.78, 5) is 13.8. The number of carboxylic acids is 1. The van der Waals surface area contributed by atoms with E-state index in [1.165, 1.54) is 0 Å². The highest BCUT2D eigenvalue weighted by molar-refractivity contribution is 5.81. The quantitative estimate of drug-likeness (QED) is 0.312. The molecule has 0 rings (SSSR count). The van der Waals surface area contributed by atoms with Gasteiger partial charge < -0.3 is 16.6 Å². The molecule has 0 bridgehead atoms. The zero-order valence-electron chi connectivity index (χ0n) is 7.53. The highest BCUT2D eigenvalue weighted by Crippen LogP contribution is 1.84. The normalized spacial score (nSPS) is 12.9. The summed E-state index contributed by atoms with van der Waals surface area (Å²) in [5.74, 6) is 3.79. The minimum atomic E-state index is -1.11. The summed E-state index contributed by atoms with van der Waals surface area (Å²) < 4.78 is 11.7. The lowest BCUT2D eigenvalue weighted by atomic mass is 10.2. The van der Waals surface area contributed by atoms with E-state index < -0.39 is 18.7 Å². The molecule has 1 atom stereocenters. The number of rotatable bonds is 4. The summed E-state index contributed by atoms with van der Waals surface area (Å²) in [7, 11) is 0. The van der Waals surface area contributed by atoms with Gasteiger partial charge in [0.05, 0.1) is 0 Å². The van der Waals surface area contributed by atoms with Crippen molar-refractivity contribution in [1.82, 2.24) is 0 Å². The molecule has 0 heterocycles. The Bertz CT molecular complexity index is 280. The molecule has 0 aliphatic heterocycles. The Labute approximate surface area is 81.0 Å². The Kier molecular flexibility index (Phi) is 6.07. The van der Waals surface area contributed by atoms with Gasteiger partial charge in [-0.3, -0.25) is 9.79 Å². The van der Waals surface area contributed by atoms with Crippen molar-refractivity contribution in [2.45, 2.75) is 12.5 Å². The second-order valence-corrected chi connectivity index (χ2v) is 2.44. The monoisotopic (exact) mass is 201 g/mol. The minimum Gasteiger partial charge on any atom is -0.480 e. The molecule has 0 saturated carbocycles. The second-order valence-electron chi connectivity index (χ2n) is 2.44. The average Bonchev–Trinajstić information content (AvgIpc) is 2.16. The van der Waals surface area contributed by atoms with E-state index >= 15 is 0 Å². The molecule has 0 aliphatic rings. The van der Waals surface area contributed by atoms with E-state index in [2.05, 4.69) is 16.8 Å². The van der Waals surface area contributed by atoms with Crippen molar-refractivity contribution in [1.29, 1.82) is 0 Å². The highest BCUT2D eigenvalue weighted by atomic mass is 19.1. The molecule has 5 nitrogen and oxygen atoms in total. The van der Waals surface area contributed by atoms with Gasteiger partial charge in [-0.2, -0.15) is 0 Å². The summed E-state index contributed by atoms with van der Waals surface area (Å²) in [5.41, 5.74) is 10.2. The molecule has 0 aromatic rings. The summed E-state index contributed by atoms with van der Waals surface area (Å²) in [6.07, 6.45) is 0.0420. The maximum Gasteiger partial charge on any atom is 0.321 e. The molecule has 14 heavy (non-hydrogen) atoms. The van der Waals surface area contributed by atoms with Gasteiger partial charge in [0.2, 0.25) is 0 Å². The van der Waals surface area contributed by atoms with Crippen molar-refractivity contribution >= 4 is 11.8 Å². The van der Waals surface area contributed by atoms with Crippen LogP contribution in [0.2, 0.25) is 0 Å². The van der Waals surface area contributed by atoms with Gasteiger partial charge in [0.15, 0.2) is 0 Å². The van der Waals surface area contributed by atoms with Crippen LogP contribution in [0.4, 0.5) is 4.39 Å². The number of amidine groups is 1. The van der Waals surface area contributed by atoms with E-state index in [1.807, 2.05) is 0 Å². The first kappa shape index (κ1) is 12.4. The van der Waals surface area contributed by atoms with Crippen LogP contribution in [0.25, 0.3) is 0 Å². The van der Waals surface area contributed by atoms with Gasteiger partial charge in [-0.15, -0.1) is 0 Å². The maximum atomic E-state index is 11.7. The molecule has 78 valence electrons. The van der Waals surface area contributed by atoms with Crippen LogP contribution in [0.1, 0.15) is 6.42 Å². The Balaban J connectivity index is 3.80. The van der Waals surface area contributed by atoms with Crippen LogP contribution in [-0.4, -0.2) is 36.2 Å². The SMILES string of the molecule is NC(CF)=NCC#CCC(N)C(=O)O. The number of carboxylic acid groups (broad SMARTS) is 1. The summed E-state index contributed by atoms with van der Waals surface area (Å²) >= 11 is 0. The molecule has 5 N–H and O–H groups in total. The number of carbonyl (C=O) groups is 1. The number of nitrogens with zero attached hydrogens (tertiary/aromatic N) is 1. The molecule has 0 radical (unpaired) electrons. The molecule has 0 saturated heterocycles. The van der Waals surface area contributed by atoms with E-state index in [0.29, 0.717) is 0 Å². The highest BCUT2D eigenvalue weighted by Gasteiger charge is 2.07. The van der Waals surface area contributed by atoms with E-state index in [0.717, 1.165) is 0 Å². The van der Waals surface area contributed by atoms with E-state index in [1.54, 1.807) is 0 Å². The number of hydrogen-bond acceptors (Lipinski definition) is 3. The largest absolute Gasteiger partial charge is 0.480 e. The summed E-state index contributed by atoms with van der Waals surface area (Å²) in [6.45, 7) is -0.752. The molecule has 0 aromatic heterocycles. The van der Waals surface area contributed by atoms with E-state index in [9.17, 15) is 9.18 Å². The van der Waals surface area contributed by atoms with Gasteiger partial charge in [-0.25, -0.2) is 4.39 Å². The Morgan fingerprint density at radius 3 is 2.71 bits per heavy atom. The zero-order valence-corrected chi connectivity index (χ0v) is 7.53. The molecular formula is C8H12FN3O2. The van der Waals surface area contributed by atoms with E-state index in [-0.39, 0.29) is 18.8 Å². The van der Waals surface area contributed by atoms with Gasteiger partial charge in [0.1, 0.15) is 25.1 Å². The lowest BCUT2D eigenvalue weighted by molar-refractivity contribution is -0.138. The standard InChI is InChI=1S/C8H12FN3O2/c9-5-7(11)12-4-2-1-3-6(10)8(13)14/h6H,3-5,10H2,(H2,11,12)(H,13,14). The lowest BCUT2D eigenvalue weighted by Crippen LogP contribution is -2.29. The number of nitrogens with two attached hydrogens (primary N) is 2. The van der Waals surface area contributed by atoms with Gasteiger partial charge >= 0.3 is 5.97 Å². The Morgan fingerprint density at radius 2 is 2.21 bits per heavy atom. The third kappa shape index (κ3) is 5.97. The van der Waals surface area contributed by atoms with Crippen LogP contribution < -0.4 is 11.5 Å². The van der Waals surface area contributed by atoms with Gasteiger partial charge in [-0.1, -0.05) is 11.8 Å². The molecule has 1 unspecified atom stereocenters. The fraction of sp³-hybridized carbons (Fsp3) is 0.500. The first-order valence-corrected chi connectivity index (χ1v) is 3.86. The molecule has 6 heteroatoms.